The monoisotopic (exact) mass is 202 g/mol. The van der Waals surface area contributed by atoms with Gasteiger partial charge in [0.2, 0.25) is 0 Å². The highest BCUT2D eigenvalue weighted by atomic mass is 35.5. The first-order valence-electron chi connectivity index (χ1n) is 4.88. The van der Waals surface area contributed by atoms with Crippen molar-refractivity contribution in [2.45, 2.75) is 50.0 Å². The van der Waals surface area contributed by atoms with Gasteiger partial charge in [-0.3, -0.25) is 4.79 Å². The maximum Gasteiger partial charge on any atom is 0.141 e. The Morgan fingerprint density at radius 2 is 2.23 bits per heavy atom. The van der Waals surface area contributed by atoms with E-state index in [1.165, 1.54) is 0 Å². The van der Waals surface area contributed by atoms with E-state index in [9.17, 15) is 9.90 Å². The molecule has 3 heteroatoms. The van der Waals surface area contributed by atoms with Crippen LogP contribution in [-0.4, -0.2) is 21.9 Å². The standard InChI is InChI=1S/C10H15ClO2/c1-9-4-2-7(11)6-10(9,13)5-3-8(9)12/h7,13H,2-6H2,1H3. The lowest BCUT2D eigenvalue weighted by molar-refractivity contribution is -0.139. The summed E-state index contributed by atoms with van der Waals surface area (Å²) in [6.45, 7) is 1.89. The van der Waals surface area contributed by atoms with Crippen molar-refractivity contribution in [1.29, 1.82) is 0 Å². The first-order valence-corrected chi connectivity index (χ1v) is 5.31. The minimum atomic E-state index is -0.811. The number of hydrogen-bond donors (Lipinski definition) is 1. The smallest absolute Gasteiger partial charge is 0.141 e. The molecule has 2 aliphatic carbocycles. The second-order valence-electron chi connectivity index (χ2n) is 4.63. The van der Waals surface area contributed by atoms with Crippen molar-refractivity contribution in [2.24, 2.45) is 5.41 Å². The molecule has 0 aromatic rings. The lowest BCUT2D eigenvalue weighted by atomic mass is 9.66. The number of rotatable bonds is 0. The molecule has 2 rings (SSSR count). The summed E-state index contributed by atoms with van der Waals surface area (Å²) in [5.74, 6) is 0.221. The molecule has 0 heterocycles. The van der Waals surface area contributed by atoms with Crippen LogP contribution in [-0.2, 0) is 4.79 Å². The number of ketones is 1. The number of aliphatic hydroxyl groups is 1. The van der Waals surface area contributed by atoms with Crippen LogP contribution in [0.2, 0.25) is 0 Å². The highest BCUT2D eigenvalue weighted by molar-refractivity contribution is 6.20. The predicted molar refractivity (Wildman–Crippen MR) is 50.8 cm³/mol. The van der Waals surface area contributed by atoms with Gasteiger partial charge in [0.05, 0.1) is 11.0 Å². The Morgan fingerprint density at radius 1 is 1.54 bits per heavy atom. The van der Waals surface area contributed by atoms with E-state index in [-0.39, 0.29) is 11.2 Å². The SMILES string of the molecule is CC12CCC(Cl)CC1(O)CCC2=O. The topological polar surface area (TPSA) is 37.3 Å². The number of Topliss-reactive ketones (excluding diaryl/α,β-unsaturated/α-hetero) is 1. The maximum absolute atomic E-state index is 11.6. The average molecular weight is 203 g/mol. The largest absolute Gasteiger partial charge is 0.389 e. The van der Waals surface area contributed by atoms with E-state index in [4.69, 9.17) is 11.6 Å². The number of hydrogen-bond acceptors (Lipinski definition) is 2. The molecule has 0 radical (unpaired) electrons. The van der Waals surface area contributed by atoms with Crippen molar-refractivity contribution in [3.63, 3.8) is 0 Å². The van der Waals surface area contributed by atoms with Crippen molar-refractivity contribution in [1.82, 2.24) is 0 Å². The molecule has 2 nitrogen and oxygen atoms in total. The van der Waals surface area contributed by atoms with E-state index >= 15 is 0 Å². The molecule has 3 unspecified atom stereocenters. The number of alkyl halides is 1. The molecule has 0 spiro atoms. The van der Waals surface area contributed by atoms with E-state index in [1.807, 2.05) is 6.92 Å². The summed E-state index contributed by atoms with van der Waals surface area (Å²) in [6, 6.07) is 0. The third kappa shape index (κ3) is 1.15. The molecule has 0 bridgehead atoms. The minimum absolute atomic E-state index is 0.0453. The Hall–Kier alpha value is -0.0800. The van der Waals surface area contributed by atoms with Crippen LogP contribution >= 0.6 is 11.6 Å². The van der Waals surface area contributed by atoms with Crippen LogP contribution in [0, 0.1) is 5.41 Å². The molecule has 1 N–H and O–H groups in total. The average Bonchev–Trinajstić information content (AvgIpc) is 2.28. The summed E-state index contributed by atoms with van der Waals surface area (Å²) in [5, 5.41) is 10.4. The van der Waals surface area contributed by atoms with Crippen LogP contribution in [0.5, 0.6) is 0 Å². The Kier molecular flexibility index (Phi) is 1.97. The number of carbonyl (C=O) groups excluding carboxylic acids is 1. The normalized spacial score (nSPS) is 50.7. The Bertz CT molecular complexity index is 253. The molecule has 3 atom stereocenters. The molecule has 0 aliphatic heterocycles. The van der Waals surface area contributed by atoms with Gasteiger partial charge in [0, 0.05) is 11.8 Å². The second kappa shape index (κ2) is 2.71. The van der Waals surface area contributed by atoms with Gasteiger partial charge in [-0.25, -0.2) is 0 Å². The lowest BCUT2D eigenvalue weighted by Crippen LogP contribution is -2.50. The molecule has 0 saturated heterocycles. The summed E-state index contributed by atoms with van der Waals surface area (Å²) in [7, 11) is 0. The summed E-state index contributed by atoms with van der Waals surface area (Å²) in [5.41, 5.74) is -1.31. The van der Waals surface area contributed by atoms with E-state index < -0.39 is 11.0 Å². The highest BCUT2D eigenvalue weighted by Gasteiger charge is 2.58. The fourth-order valence-corrected chi connectivity index (χ4v) is 3.11. The zero-order chi connectivity index (χ0) is 9.69. The number of carbonyl (C=O) groups is 1. The molecule has 0 amide bonds. The summed E-state index contributed by atoms with van der Waals surface area (Å²) >= 11 is 6.01. The van der Waals surface area contributed by atoms with Crippen LogP contribution in [0.3, 0.4) is 0 Å². The zero-order valence-electron chi connectivity index (χ0n) is 7.85. The Balaban J connectivity index is 2.32. The van der Waals surface area contributed by atoms with Crippen molar-refractivity contribution in [3.8, 4) is 0 Å². The van der Waals surface area contributed by atoms with Crippen LogP contribution < -0.4 is 0 Å². The Labute approximate surface area is 83.3 Å². The van der Waals surface area contributed by atoms with Gasteiger partial charge in [-0.15, -0.1) is 11.6 Å². The van der Waals surface area contributed by atoms with Gasteiger partial charge in [-0.2, -0.15) is 0 Å². The lowest BCUT2D eigenvalue weighted by Gasteiger charge is -2.44. The van der Waals surface area contributed by atoms with Gasteiger partial charge >= 0.3 is 0 Å². The van der Waals surface area contributed by atoms with Crippen LogP contribution in [0.25, 0.3) is 0 Å². The van der Waals surface area contributed by atoms with Crippen molar-refractivity contribution >= 4 is 17.4 Å². The summed E-state index contributed by atoms with van der Waals surface area (Å²) in [4.78, 5) is 11.6. The second-order valence-corrected chi connectivity index (χ2v) is 5.24. The first kappa shape index (κ1) is 9.47. The van der Waals surface area contributed by atoms with Gasteiger partial charge in [0.25, 0.3) is 0 Å². The molecule has 0 aromatic carbocycles. The quantitative estimate of drug-likeness (QED) is 0.609. The number of fused-ring (bicyclic) bond motifs is 1. The zero-order valence-corrected chi connectivity index (χ0v) is 8.60. The molecule has 2 saturated carbocycles. The van der Waals surface area contributed by atoms with Crippen LogP contribution in [0.15, 0.2) is 0 Å². The van der Waals surface area contributed by atoms with E-state index in [0.29, 0.717) is 19.3 Å². The maximum atomic E-state index is 11.6. The van der Waals surface area contributed by atoms with Crippen molar-refractivity contribution in [3.05, 3.63) is 0 Å². The highest BCUT2D eigenvalue weighted by Crippen LogP contribution is 2.53. The van der Waals surface area contributed by atoms with E-state index in [0.717, 1.165) is 12.8 Å². The van der Waals surface area contributed by atoms with E-state index in [1.54, 1.807) is 0 Å². The van der Waals surface area contributed by atoms with Gasteiger partial charge in [0.1, 0.15) is 5.78 Å². The summed E-state index contributed by atoms with van der Waals surface area (Å²) < 4.78 is 0. The van der Waals surface area contributed by atoms with Gasteiger partial charge in [-0.05, 0) is 32.6 Å². The fourth-order valence-electron chi connectivity index (χ4n) is 2.74. The molecule has 13 heavy (non-hydrogen) atoms. The third-order valence-corrected chi connectivity index (χ3v) is 4.30. The van der Waals surface area contributed by atoms with Crippen LogP contribution in [0.4, 0.5) is 0 Å². The van der Waals surface area contributed by atoms with Gasteiger partial charge in [0.15, 0.2) is 0 Å². The van der Waals surface area contributed by atoms with Crippen molar-refractivity contribution in [2.75, 3.05) is 0 Å². The third-order valence-electron chi connectivity index (χ3n) is 3.92. The number of halogens is 1. The van der Waals surface area contributed by atoms with Gasteiger partial charge < -0.3 is 5.11 Å². The first-order chi connectivity index (χ1) is 5.98. The predicted octanol–water partition coefficient (Wildman–Crippen LogP) is 1.88. The molecule has 2 fully saturated rings. The molecular formula is C10H15ClO2. The Morgan fingerprint density at radius 3 is 2.92 bits per heavy atom. The molecular weight excluding hydrogens is 188 g/mol. The molecule has 2 aliphatic rings. The molecule has 0 aromatic heterocycles. The summed E-state index contributed by atoms with van der Waals surface area (Å²) in [6.07, 6.45) is 3.31. The van der Waals surface area contributed by atoms with Gasteiger partial charge in [-0.1, -0.05) is 0 Å². The minimum Gasteiger partial charge on any atom is -0.389 e. The molecule has 74 valence electrons. The van der Waals surface area contributed by atoms with Crippen molar-refractivity contribution < 1.29 is 9.90 Å². The van der Waals surface area contributed by atoms with Crippen LogP contribution in [0.1, 0.15) is 39.0 Å². The van der Waals surface area contributed by atoms with E-state index in [2.05, 4.69) is 0 Å². The fraction of sp³-hybridized carbons (Fsp3) is 0.900.